The molecule has 0 saturated heterocycles. The van der Waals surface area contributed by atoms with Crippen molar-refractivity contribution in [1.29, 1.82) is 0 Å². The van der Waals surface area contributed by atoms with Gasteiger partial charge in [0.1, 0.15) is 5.75 Å². The Morgan fingerprint density at radius 1 is 1.05 bits per heavy atom. The Labute approximate surface area is 131 Å². The molecule has 4 nitrogen and oxygen atoms in total. The van der Waals surface area contributed by atoms with Crippen LogP contribution < -0.4 is 5.01 Å². The zero-order valence-corrected chi connectivity index (χ0v) is 12.3. The van der Waals surface area contributed by atoms with Crippen molar-refractivity contribution >= 4 is 40.5 Å². The van der Waals surface area contributed by atoms with Gasteiger partial charge in [0.05, 0.1) is 17.8 Å². The highest BCUT2D eigenvalue weighted by atomic mass is 35.5. The fourth-order valence-electron chi connectivity index (χ4n) is 2.11. The first-order chi connectivity index (χ1) is 10.0. The molecule has 0 fully saturated rings. The number of benzene rings is 2. The van der Waals surface area contributed by atoms with Gasteiger partial charge < -0.3 is 5.11 Å². The molecule has 1 amide bonds. The molecule has 0 aliphatic carbocycles. The van der Waals surface area contributed by atoms with Crippen molar-refractivity contribution in [2.45, 2.75) is 6.42 Å². The van der Waals surface area contributed by atoms with E-state index in [2.05, 4.69) is 5.10 Å². The van der Waals surface area contributed by atoms with Crippen LogP contribution in [-0.2, 0) is 4.79 Å². The smallest absolute Gasteiger partial charge is 0.253 e. The second-order valence-electron chi connectivity index (χ2n) is 4.60. The second kappa shape index (κ2) is 5.39. The molecule has 106 valence electrons. The molecule has 21 heavy (non-hydrogen) atoms. The molecule has 2 aromatic carbocycles. The van der Waals surface area contributed by atoms with E-state index in [1.807, 2.05) is 0 Å². The lowest BCUT2D eigenvalue weighted by Crippen LogP contribution is -2.19. The Morgan fingerprint density at radius 3 is 2.29 bits per heavy atom. The SMILES string of the molecule is O=C1CC(c2ccc(O)cc2)=NN1c1cc(Cl)cc(Cl)c1. The van der Waals surface area contributed by atoms with Crippen LogP contribution >= 0.6 is 23.2 Å². The van der Waals surface area contributed by atoms with E-state index in [1.54, 1.807) is 42.5 Å². The van der Waals surface area contributed by atoms with Gasteiger partial charge in [0.2, 0.25) is 0 Å². The van der Waals surface area contributed by atoms with Crippen LogP contribution in [0.25, 0.3) is 0 Å². The Hall–Kier alpha value is -2.04. The number of aromatic hydroxyl groups is 1. The van der Waals surface area contributed by atoms with Gasteiger partial charge in [-0.1, -0.05) is 23.2 Å². The van der Waals surface area contributed by atoms with Crippen LogP contribution in [0.1, 0.15) is 12.0 Å². The van der Waals surface area contributed by atoms with Crippen molar-refractivity contribution in [3.8, 4) is 5.75 Å². The van der Waals surface area contributed by atoms with Crippen LogP contribution in [0.2, 0.25) is 10.0 Å². The molecule has 2 aromatic rings. The zero-order chi connectivity index (χ0) is 15.0. The lowest BCUT2D eigenvalue weighted by Gasteiger charge is -2.12. The van der Waals surface area contributed by atoms with Gasteiger partial charge >= 0.3 is 0 Å². The number of phenols is 1. The lowest BCUT2D eigenvalue weighted by atomic mass is 10.1. The molecule has 0 unspecified atom stereocenters. The number of anilines is 1. The number of phenolic OH excluding ortho intramolecular Hbond substituents is 1. The van der Waals surface area contributed by atoms with E-state index in [4.69, 9.17) is 23.2 Å². The Bertz CT molecular complexity index is 722. The number of nitrogens with zero attached hydrogens (tertiary/aromatic N) is 2. The topological polar surface area (TPSA) is 52.9 Å². The first kappa shape index (κ1) is 13.9. The van der Waals surface area contributed by atoms with Crippen molar-refractivity contribution in [2.24, 2.45) is 5.10 Å². The summed E-state index contributed by atoms with van der Waals surface area (Å²) in [5, 5.41) is 15.8. The molecule has 1 heterocycles. The maximum absolute atomic E-state index is 12.1. The second-order valence-corrected chi connectivity index (χ2v) is 5.48. The summed E-state index contributed by atoms with van der Waals surface area (Å²) < 4.78 is 0. The van der Waals surface area contributed by atoms with Gasteiger partial charge in [-0.15, -0.1) is 0 Å². The average Bonchev–Trinajstić information content (AvgIpc) is 2.80. The minimum absolute atomic E-state index is 0.156. The molecule has 0 saturated carbocycles. The fraction of sp³-hybridized carbons (Fsp3) is 0.0667. The monoisotopic (exact) mass is 320 g/mol. The number of rotatable bonds is 2. The van der Waals surface area contributed by atoms with Gasteiger partial charge in [0.25, 0.3) is 5.91 Å². The first-order valence-electron chi connectivity index (χ1n) is 6.19. The standard InChI is InChI=1S/C15H10Cl2N2O2/c16-10-5-11(17)7-12(6-10)19-15(21)8-14(18-19)9-1-3-13(20)4-2-9/h1-7,20H,8H2. The van der Waals surface area contributed by atoms with Crippen LogP contribution in [0, 0.1) is 0 Å². The molecule has 0 radical (unpaired) electrons. The Kier molecular flexibility index (Phi) is 3.57. The normalized spacial score (nSPS) is 14.5. The third kappa shape index (κ3) is 2.86. The number of hydrogen-bond donors (Lipinski definition) is 1. The number of halogens is 2. The van der Waals surface area contributed by atoms with Crippen molar-refractivity contribution in [3.63, 3.8) is 0 Å². The molecule has 3 rings (SSSR count). The highest BCUT2D eigenvalue weighted by Gasteiger charge is 2.26. The summed E-state index contributed by atoms with van der Waals surface area (Å²) in [6.45, 7) is 0. The zero-order valence-electron chi connectivity index (χ0n) is 10.8. The van der Waals surface area contributed by atoms with Crippen molar-refractivity contribution in [2.75, 3.05) is 5.01 Å². The molecule has 1 aliphatic heterocycles. The van der Waals surface area contributed by atoms with Crippen molar-refractivity contribution < 1.29 is 9.90 Å². The van der Waals surface area contributed by atoms with Crippen LogP contribution in [0.5, 0.6) is 5.75 Å². The average molecular weight is 321 g/mol. The largest absolute Gasteiger partial charge is 0.508 e. The maximum Gasteiger partial charge on any atom is 0.253 e. The number of carbonyl (C=O) groups excluding carboxylic acids is 1. The van der Waals surface area contributed by atoms with E-state index in [1.165, 1.54) is 5.01 Å². The van der Waals surface area contributed by atoms with E-state index in [0.29, 0.717) is 21.4 Å². The third-order valence-corrected chi connectivity index (χ3v) is 3.50. The first-order valence-corrected chi connectivity index (χ1v) is 6.94. The summed E-state index contributed by atoms with van der Waals surface area (Å²) in [5.41, 5.74) is 1.96. The number of hydrogen-bond acceptors (Lipinski definition) is 3. The predicted molar refractivity (Wildman–Crippen MR) is 83.2 cm³/mol. The van der Waals surface area contributed by atoms with Crippen LogP contribution in [0.3, 0.4) is 0 Å². The van der Waals surface area contributed by atoms with Gasteiger partial charge in [0, 0.05) is 10.0 Å². The van der Waals surface area contributed by atoms with Gasteiger partial charge in [-0.2, -0.15) is 5.10 Å². The van der Waals surface area contributed by atoms with E-state index in [0.717, 1.165) is 5.56 Å². The molecule has 1 aliphatic rings. The summed E-state index contributed by atoms with van der Waals surface area (Å²) >= 11 is 11.9. The quantitative estimate of drug-likeness (QED) is 0.914. The number of hydrazone groups is 1. The highest BCUT2D eigenvalue weighted by molar-refractivity contribution is 6.35. The summed E-state index contributed by atoms with van der Waals surface area (Å²) in [6.07, 6.45) is 0.189. The summed E-state index contributed by atoms with van der Waals surface area (Å²) in [5.74, 6) is 0.0126. The van der Waals surface area contributed by atoms with Crippen LogP contribution in [0.15, 0.2) is 47.6 Å². The number of amides is 1. The van der Waals surface area contributed by atoms with Gasteiger partial charge in [-0.3, -0.25) is 4.79 Å². The molecule has 0 bridgehead atoms. The van der Waals surface area contributed by atoms with Crippen LogP contribution in [0.4, 0.5) is 5.69 Å². The Morgan fingerprint density at radius 2 is 1.67 bits per heavy atom. The number of carbonyl (C=O) groups is 1. The summed E-state index contributed by atoms with van der Waals surface area (Å²) in [7, 11) is 0. The minimum atomic E-state index is -0.156. The molecule has 0 atom stereocenters. The molecule has 0 aromatic heterocycles. The van der Waals surface area contributed by atoms with E-state index in [9.17, 15) is 9.90 Å². The summed E-state index contributed by atoms with van der Waals surface area (Å²) in [4.78, 5) is 12.1. The van der Waals surface area contributed by atoms with E-state index < -0.39 is 0 Å². The maximum atomic E-state index is 12.1. The summed E-state index contributed by atoms with van der Waals surface area (Å²) in [6, 6.07) is 11.4. The predicted octanol–water partition coefficient (Wildman–Crippen LogP) is 3.84. The van der Waals surface area contributed by atoms with E-state index in [-0.39, 0.29) is 18.1 Å². The van der Waals surface area contributed by atoms with Gasteiger partial charge in [0.15, 0.2) is 0 Å². The van der Waals surface area contributed by atoms with E-state index >= 15 is 0 Å². The highest BCUT2D eigenvalue weighted by Crippen LogP contribution is 2.29. The van der Waals surface area contributed by atoms with Gasteiger partial charge in [-0.05, 0) is 48.0 Å². The van der Waals surface area contributed by atoms with Crippen LogP contribution in [-0.4, -0.2) is 16.7 Å². The minimum Gasteiger partial charge on any atom is -0.508 e. The fourth-order valence-corrected chi connectivity index (χ4v) is 2.62. The lowest BCUT2D eigenvalue weighted by molar-refractivity contribution is -0.116. The van der Waals surface area contributed by atoms with Gasteiger partial charge in [-0.25, -0.2) is 5.01 Å². The third-order valence-electron chi connectivity index (χ3n) is 3.07. The Balaban J connectivity index is 1.96. The van der Waals surface area contributed by atoms with Crippen molar-refractivity contribution in [3.05, 3.63) is 58.1 Å². The molecular formula is C15H10Cl2N2O2. The molecule has 6 heteroatoms. The van der Waals surface area contributed by atoms with Crippen molar-refractivity contribution in [1.82, 2.24) is 0 Å². The molecular weight excluding hydrogens is 311 g/mol. The molecule has 0 spiro atoms. The molecule has 1 N–H and O–H groups in total.